The number of carbonyl (C=O) groups is 1. The van der Waals surface area contributed by atoms with Gasteiger partial charge in [-0.25, -0.2) is 4.98 Å². The van der Waals surface area contributed by atoms with Gasteiger partial charge in [-0.15, -0.1) is 0 Å². The molecule has 156 valence electrons. The summed E-state index contributed by atoms with van der Waals surface area (Å²) in [5, 5.41) is 3.97. The summed E-state index contributed by atoms with van der Waals surface area (Å²) in [6.45, 7) is -1.31. The maximum Gasteiger partial charge on any atom is 0.406 e. The Balaban J connectivity index is 1.91. The first-order chi connectivity index (χ1) is 14.2. The summed E-state index contributed by atoms with van der Waals surface area (Å²) in [5.74, 6) is -0.155. The Labute approximate surface area is 180 Å². The van der Waals surface area contributed by atoms with Crippen LogP contribution in [-0.2, 0) is 0 Å². The van der Waals surface area contributed by atoms with E-state index in [2.05, 4.69) is 10.3 Å². The van der Waals surface area contributed by atoms with Crippen molar-refractivity contribution in [1.29, 1.82) is 0 Å². The second-order valence-corrected chi connectivity index (χ2v) is 7.54. The SMILES string of the molecule is O=C1c2nc(-c3ccccc3Cl)n(-c3ccc(Cl)cc3)c2NCCN1CC(F)(F)F. The van der Waals surface area contributed by atoms with Crippen molar-refractivity contribution in [2.75, 3.05) is 25.0 Å². The van der Waals surface area contributed by atoms with Crippen LogP contribution in [0.25, 0.3) is 17.1 Å². The highest BCUT2D eigenvalue weighted by molar-refractivity contribution is 6.33. The average Bonchev–Trinajstić information content (AvgIpc) is 2.99. The summed E-state index contributed by atoms with van der Waals surface area (Å²) in [4.78, 5) is 18.1. The Bertz CT molecular complexity index is 1100. The van der Waals surface area contributed by atoms with E-state index in [0.717, 1.165) is 4.90 Å². The minimum atomic E-state index is -4.51. The summed E-state index contributed by atoms with van der Waals surface area (Å²) in [6.07, 6.45) is -4.51. The summed E-state index contributed by atoms with van der Waals surface area (Å²) in [5.41, 5.74) is 1.08. The molecule has 0 atom stereocenters. The highest BCUT2D eigenvalue weighted by Gasteiger charge is 2.37. The maximum absolute atomic E-state index is 13.0. The fourth-order valence-electron chi connectivity index (χ4n) is 3.33. The largest absolute Gasteiger partial charge is 0.406 e. The van der Waals surface area contributed by atoms with Gasteiger partial charge in [0.25, 0.3) is 5.91 Å². The minimum Gasteiger partial charge on any atom is -0.367 e. The van der Waals surface area contributed by atoms with E-state index in [9.17, 15) is 18.0 Å². The van der Waals surface area contributed by atoms with Gasteiger partial charge < -0.3 is 10.2 Å². The molecule has 1 aliphatic rings. The standard InChI is InChI=1S/C20H15Cl2F3N4O/c21-12-5-7-13(8-6-12)29-17(14-3-1-2-4-15(14)22)27-16-18(29)26-9-10-28(19(16)30)11-20(23,24)25/h1-8,26H,9-11H2. The summed E-state index contributed by atoms with van der Waals surface area (Å²) >= 11 is 12.4. The number of benzene rings is 2. The Kier molecular flexibility index (Phi) is 5.38. The van der Waals surface area contributed by atoms with E-state index in [4.69, 9.17) is 23.2 Å². The van der Waals surface area contributed by atoms with Gasteiger partial charge in [0.05, 0.1) is 5.02 Å². The topological polar surface area (TPSA) is 50.2 Å². The van der Waals surface area contributed by atoms with Crippen LogP contribution in [0.15, 0.2) is 48.5 Å². The Morgan fingerprint density at radius 3 is 2.43 bits per heavy atom. The monoisotopic (exact) mass is 454 g/mol. The fourth-order valence-corrected chi connectivity index (χ4v) is 3.67. The molecule has 0 fully saturated rings. The molecule has 0 saturated carbocycles. The molecule has 2 heterocycles. The number of rotatable bonds is 3. The lowest BCUT2D eigenvalue weighted by Crippen LogP contribution is -2.40. The van der Waals surface area contributed by atoms with Crippen LogP contribution < -0.4 is 5.32 Å². The van der Waals surface area contributed by atoms with Crippen LogP contribution in [0.2, 0.25) is 10.0 Å². The minimum absolute atomic E-state index is 0.0957. The molecular formula is C20H15Cl2F3N4O. The maximum atomic E-state index is 13.0. The molecule has 30 heavy (non-hydrogen) atoms. The molecule has 1 aliphatic heterocycles. The third-order valence-electron chi connectivity index (χ3n) is 4.61. The van der Waals surface area contributed by atoms with Crippen molar-refractivity contribution in [1.82, 2.24) is 14.5 Å². The van der Waals surface area contributed by atoms with Crippen LogP contribution in [0.3, 0.4) is 0 Å². The van der Waals surface area contributed by atoms with E-state index >= 15 is 0 Å². The normalized spacial score (nSPS) is 14.3. The Morgan fingerprint density at radius 2 is 1.77 bits per heavy atom. The quantitative estimate of drug-likeness (QED) is 0.585. The van der Waals surface area contributed by atoms with Gasteiger partial charge in [-0.1, -0.05) is 35.3 Å². The van der Waals surface area contributed by atoms with Crippen LogP contribution in [-0.4, -0.2) is 46.2 Å². The van der Waals surface area contributed by atoms with E-state index in [1.165, 1.54) is 0 Å². The van der Waals surface area contributed by atoms with E-state index in [1.807, 2.05) is 0 Å². The molecule has 1 N–H and O–H groups in total. The van der Waals surface area contributed by atoms with Crippen molar-refractivity contribution in [3.05, 3.63) is 64.3 Å². The lowest BCUT2D eigenvalue weighted by molar-refractivity contribution is -0.140. The highest BCUT2D eigenvalue weighted by Crippen LogP contribution is 2.35. The van der Waals surface area contributed by atoms with Gasteiger partial charge in [-0.2, -0.15) is 13.2 Å². The first-order valence-electron chi connectivity index (χ1n) is 8.98. The van der Waals surface area contributed by atoms with Gasteiger partial charge in [0, 0.05) is 29.4 Å². The third kappa shape index (κ3) is 3.97. The molecular weight excluding hydrogens is 440 g/mol. The van der Waals surface area contributed by atoms with Gasteiger partial charge in [0.1, 0.15) is 18.2 Å². The molecule has 0 unspecified atom stereocenters. The smallest absolute Gasteiger partial charge is 0.367 e. The van der Waals surface area contributed by atoms with Gasteiger partial charge in [0.15, 0.2) is 5.69 Å². The molecule has 0 spiro atoms. The fraction of sp³-hybridized carbons (Fsp3) is 0.200. The van der Waals surface area contributed by atoms with Crippen molar-refractivity contribution in [3.63, 3.8) is 0 Å². The number of fused-ring (bicyclic) bond motifs is 1. The van der Waals surface area contributed by atoms with Gasteiger partial charge in [-0.05, 0) is 36.4 Å². The number of anilines is 1. The van der Waals surface area contributed by atoms with Crippen LogP contribution in [0.1, 0.15) is 10.5 Å². The zero-order valence-electron chi connectivity index (χ0n) is 15.4. The van der Waals surface area contributed by atoms with Crippen LogP contribution >= 0.6 is 23.2 Å². The molecule has 1 amide bonds. The molecule has 10 heteroatoms. The van der Waals surface area contributed by atoms with E-state index in [-0.39, 0.29) is 18.8 Å². The number of hydrogen-bond acceptors (Lipinski definition) is 3. The molecule has 2 aromatic carbocycles. The number of hydrogen-bond donors (Lipinski definition) is 1. The van der Waals surface area contributed by atoms with E-state index < -0.39 is 18.6 Å². The summed E-state index contributed by atoms with van der Waals surface area (Å²) in [7, 11) is 0. The van der Waals surface area contributed by atoms with Crippen LogP contribution in [0.5, 0.6) is 0 Å². The van der Waals surface area contributed by atoms with Crippen LogP contribution in [0, 0.1) is 0 Å². The number of nitrogens with zero attached hydrogens (tertiary/aromatic N) is 3. The molecule has 0 radical (unpaired) electrons. The number of aromatic nitrogens is 2. The number of nitrogens with one attached hydrogen (secondary N) is 1. The molecule has 5 nitrogen and oxygen atoms in total. The van der Waals surface area contributed by atoms with Crippen molar-refractivity contribution < 1.29 is 18.0 Å². The highest BCUT2D eigenvalue weighted by atomic mass is 35.5. The second-order valence-electron chi connectivity index (χ2n) is 6.69. The lowest BCUT2D eigenvalue weighted by atomic mass is 10.2. The number of halogens is 5. The Morgan fingerprint density at radius 1 is 1.07 bits per heavy atom. The lowest BCUT2D eigenvalue weighted by Gasteiger charge is -2.21. The molecule has 0 saturated heterocycles. The zero-order chi connectivity index (χ0) is 21.5. The number of alkyl halides is 3. The van der Waals surface area contributed by atoms with Gasteiger partial charge in [0.2, 0.25) is 0 Å². The Hall–Kier alpha value is -2.71. The van der Waals surface area contributed by atoms with Gasteiger partial charge >= 0.3 is 6.18 Å². The van der Waals surface area contributed by atoms with Crippen molar-refractivity contribution >= 4 is 34.9 Å². The molecule has 3 aromatic rings. The zero-order valence-corrected chi connectivity index (χ0v) is 16.9. The summed E-state index contributed by atoms with van der Waals surface area (Å²) < 4.78 is 40.5. The molecule has 0 bridgehead atoms. The van der Waals surface area contributed by atoms with Crippen molar-refractivity contribution in [3.8, 4) is 17.1 Å². The van der Waals surface area contributed by atoms with Gasteiger partial charge in [-0.3, -0.25) is 9.36 Å². The van der Waals surface area contributed by atoms with Crippen LogP contribution in [0.4, 0.5) is 19.0 Å². The first-order valence-corrected chi connectivity index (χ1v) is 9.73. The number of carbonyl (C=O) groups excluding carboxylic acids is 1. The van der Waals surface area contributed by atoms with E-state index in [0.29, 0.717) is 32.9 Å². The predicted octanol–water partition coefficient (Wildman–Crippen LogP) is 5.28. The predicted molar refractivity (Wildman–Crippen MR) is 109 cm³/mol. The average molecular weight is 455 g/mol. The molecule has 4 rings (SSSR count). The second kappa shape index (κ2) is 7.85. The molecule has 0 aliphatic carbocycles. The van der Waals surface area contributed by atoms with E-state index in [1.54, 1.807) is 53.1 Å². The number of imidazole rings is 1. The van der Waals surface area contributed by atoms with Crippen molar-refractivity contribution in [2.24, 2.45) is 0 Å². The third-order valence-corrected chi connectivity index (χ3v) is 5.19. The summed E-state index contributed by atoms with van der Waals surface area (Å²) in [6, 6.07) is 13.7. The number of amides is 1. The first kappa shape index (κ1) is 20.6. The molecule has 1 aromatic heterocycles. The van der Waals surface area contributed by atoms with Crippen molar-refractivity contribution in [2.45, 2.75) is 6.18 Å².